The van der Waals surface area contributed by atoms with Crippen molar-refractivity contribution in [2.45, 2.75) is 45.3 Å². The summed E-state index contributed by atoms with van der Waals surface area (Å²) in [4.78, 5) is 13.3. The zero-order valence-corrected chi connectivity index (χ0v) is 11.2. The molecule has 0 aromatic carbocycles. The van der Waals surface area contributed by atoms with E-state index in [1.54, 1.807) is 6.92 Å². The average molecular weight is 269 g/mol. The van der Waals surface area contributed by atoms with Gasteiger partial charge in [0.25, 0.3) is 0 Å². The van der Waals surface area contributed by atoms with Crippen LogP contribution in [0, 0.1) is 0 Å². The Bertz CT molecular complexity index is 430. The van der Waals surface area contributed by atoms with Crippen molar-refractivity contribution in [3.63, 3.8) is 0 Å². The van der Waals surface area contributed by atoms with Gasteiger partial charge in [0, 0.05) is 12.6 Å². The minimum Gasteiger partial charge on any atom is -0.459 e. The van der Waals surface area contributed by atoms with Crippen molar-refractivity contribution in [3.05, 3.63) is 5.89 Å². The summed E-state index contributed by atoms with van der Waals surface area (Å²) in [7, 11) is 0. The van der Waals surface area contributed by atoms with Crippen LogP contribution in [0.25, 0.3) is 0 Å². The van der Waals surface area contributed by atoms with Gasteiger partial charge in [-0.2, -0.15) is 0 Å². The van der Waals surface area contributed by atoms with Crippen molar-refractivity contribution >= 4 is 12.0 Å². The van der Waals surface area contributed by atoms with Gasteiger partial charge in [0.05, 0.1) is 12.7 Å². The van der Waals surface area contributed by atoms with E-state index in [0.717, 1.165) is 12.8 Å². The van der Waals surface area contributed by atoms with Crippen molar-refractivity contribution in [1.29, 1.82) is 0 Å². The third-order valence-corrected chi connectivity index (χ3v) is 2.98. The number of hydrogen-bond donors (Lipinski definition) is 1. The first-order valence-corrected chi connectivity index (χ1v) is 6.61. The first kappa shape index (κ1) is 13.8. The molecular weight excluding hydrogens is 250 g/mol. The summed E-state index contributed by atoms with van der Waals surface area (Å²) in [6.45, 7) is 4.32. The van der Waals surface area contributed by atoms with E-state index in [-0.39, 0.29) is 18.5 Å². The van der Waals surface area contributed by atoms with E-state index in [0.29, 0.717) is 19.0 Å². The van der Waals surface area contributed by atoms with Crippen LogP contribution in [0.4, 0.5) is 6.01 Å². The van der Waals surface area contributed by atoms with Gasteiger partial charge < -0.3 is 19.2 Å². The van der Waals surface area contributed by atoms with Crippen LogP contribution in [0.3, 0.4) is 0 Å². The molecule has 7 heteroatoms. The summed E-state index contributed by atoms with van der Waals surface area (Å²) in [5, 5.41) is 17.3. The lowest BCUT2D eigenvalue weighted by Gasteiger charge is -2.22. The molecule has 0 saturated heterocycles. The Labute approximate surface area is 111 Å². The molecule has 0 amide bonds. The monoisotopic (exact) mass is 269 g/mol. The summed E-state index contributed by atoms with van der Waals surface area (Å²) < 4.78 is 10.1. The number of aliphatic hydroxyl groups excluding tert-OH is 1. The number of hydrogen-bond acceptors (Lipinski definition) is 7. The van der Waals surface area contributed by atoms with E-state index >= 15 is 0 Å². The molecule has 1 aromatic rings. The highest BCUT2D eigenvalue weighted by atomic mass is 16.5. The third kappa shape index (κ3) is 3.44. The van der Waals surface area contributed by atoms with E-state index in [9.17, 15) is 9.90 Å². The summed E-state index contributed by atoms with van der Waals surface area (Å²) in [5.41, 5.74) is 0. The van der Waals surface area contributed by atoms with Crippen LogP contribution in [0.1, 0.15) is 43.8 Å². The summed E-state index contributed by atoms with van der Waals surface area (Å²) >= 11 is 0. The van der Waals surface area contributed by atoms with Gasteiger partial charge in [-0.05, 0) is 26.2 Å². The van der Waals surface area contributed by atoms with Gasteiger partial charge >= 0.3 is 17.9 Å². The third-order valence-electron chi connectivity index (χ3n) is 2.98. The van der Waals surface area contributed by atoms with Gasteiger partial charge in [-0.15, -0.1) is 0 Å². The number of carbonyl (C=O) groups is 1. The largest absolute Gasteiger partial charge is 0.459 e. The van der Waals surface area contributed by atoms with Gasteiger partial charge in [-0.1, -0.05) is 17.1 Å². The molecule has 1 fully saturated rings. The molecule has 1 N–H and O–H groups in total. The smallest absolute Gasteiger partial charge is 0.396 e. The maximum absolute atomic E-state index is 11.5. The Morgan fingerprint density at radius 3 is 2.84 bits per heavy atom. The quantitative estimate of drug-likeness (QED) is 0.738. The molecule has 0 aliphatic heterocycles. The van der Waals surface area contributed by atoms with Crippen molar-refractivity contribution < 1.29 is 19.1 Å². The lowest BCUT2D eigenvalue weighted by Crippen LogP contribution is -2.34. The highest BCUT2D eigenvalue weighted by molar-refractivity contribution is 5.84. The van der Waals surface area contributed by atoms with Crippen molar-refractivity contribution in [2.75, 3.05) is 18.1 Å². The molecule has 0 radical (unpaired) electrons. The first-order chi connectivity index (χ1) is 9.15. The summed E-state index contributed by atoms with van der Waals surface area (Å²) in [5.74, 6) is -0.762. The van der Waals surface area contributed by atoms with E-state index in [1.165, 1.54) is 0 Å². The topological polar surface area (TPSA) is 88.7 Å². The Kier molecular flexibility index (Phi) is 4.36. The second kappa shape index (κ2) is 6.01. The number of ether oxygens (including phenoxy) is 1. The Morgan fingerprint density at radius 2 is 2.26 bits per heavy atom. The van der Waals surface area contributed by atoms with Crippen molar-refractivity contribution in [2.24, 2.45) is 0 Å². The molecule has 7 nitrogen and oxygen atoms in total. The van der Waals surface area contributed by atoms with Gasteiger partial charge in [0.1, 0.15) is 0 Å². The highest BCUT2D eigenvalue weighted by Crippen LogP contribution is 2.31. The van der Waals surface area contributed by atoms with Crippen LogP contribution in [0.5, 0.6) is 0 Å². The fourth-order valence-corrected chi connectivity index (χ4v) is 1.73. The maximum atomic E-state index is 11.5. The number of aromatic nitrogens is 2. The maximum Gasteiger partial charge on any atom is 0.396 e. The normalized spacial score (nSPS) is 16.2. The van der Waals surface area contributed by atoms with Gasteiger partial charge in [-0.3, -0.25) is 0 Å². The molecule has 0 spiro atoms. The van der Waals surface area contributed by atoms with Gasteiger partial charge in [-0.25, -0.2) is 4.79 Å². The molecule has 2 rings (SSSR count). The standard InChI is InChI=1S/C12H19N3O4/c1-3-9(16)7-15(8-5-6-8)12-14-13-10(19-12)11(17)18-4-2/h8-9,16H,3-7H2,1-2H3. The lowest BCUT2D eigenvalue weighted by atomic mass is 10.2. The molecule has 1 heterocycles. The van der Waals surface area contributed by atoms with E-state index in [4.69, 9.17) is 9.15 Å². The number of carbonyl (C=O) groups excluding carboxylic acids is 1. The fourth-order valence-electron chi connectivity index (χ4n) is 1.73. The highest BCUT2D eigenvalue weighted by Gasteiger charge is 2.34. The first-order valence-electron chi connectivity index (χ1n) is 6.61. The van der Waals surface area contributed by atoms with Crippen molar-refractivity contribution in [3.8, 4) is 0 Å². The molecule has 1 unspecified atom stereocenters. The van der Waals surface area contributed by atoms with Crippen LogP contribution in [-0.4, -0.2) is 46.6 Å². The predicted octanol–water partition coefficient (Wildman–Crippen LogP) is 0.986. The molecule has 1 aliphatic carbocycles. The van der Waals surface area contributed by atoms with Crippen LogP contribution in [0.15, 0.2) is 4.42 Å². The van der Waals surface area contributed by atoms with E-state index < -0.39 is 12.1 Å². The van der Waals surface area contributed by atoms with Crippen LogP contribution >= 0.6 is 0 Å². The number of esters is 1. The molecule has 0 bridgehead atoms. The number of anilines is 1. The van der Waals surface area contributed by atoms with Gasteiger partial charge in [0.15, 0.2) is 0 Å². The molecule has 106 valence electrons. The SMILES string of the molecule is CCOC(=O)c1nnc(N(CC(O)CC)C2CC2)o1. The Hall–Kier alpha value is -1.63. The number of nitrogens with zero attached hydrogens (tertiary/aromatic N) is 3. The summed E-state index contributed by atoms with van der Waals surface area (Å²) in [6, 6.07) is 0.592. The van der Waals surface area contributed by atoms with Crippen LogP contribution in [-0.2, 0) is 4.74 Å². The molecule has 1 aromatic heterocycles. The number of rotatable bonds is 7. The zero-order valence-electron chi connectivity index (χ0n) is 11.2. The van der Waals surface area contributed by atoms with Crippen LogP contribution in [0.2, 0.25) is 0 Å². The minimum atomic E-state index is -0.618. The van der Waals surface area contributed by atoms with E-state index in [1.807, 2.05) is 11.8 Å². The second-order valence-electron chi connectivity index (χ2n) is 4.56. The summed E-state index contributed by atoms with van der Waals surface area (Å²) in [6.07, 6.45) is 2.28. The van der Waals surface area contributed by atoms with Gasteiger partial charge in [0.2, 0.25) is 0 Å². The molecular formula is C12H19N3O4. The zero-order chi connectivity index (χ0) is 13.8. The molecule has 19 heavy (non-hydrogen) atoms. The lowest BCUT2D eigenvalue weighted by molar-refractivity contribution is 0.0481. The number of aliphatic hydroxyl groups is 1. The van der Waals surface area contributed by atoms with Crippen molar-refractivity contribution in [1.82, 2.24) is 10.2 Å². The Morgan fingerprint density at radius 1 is 1.53 bits per heavy atom. The average Bonchev–Trinajstić information content (AvgIpc) is 3.12. The predicted molar refractivity (Wildman–Crippen MR) is 66.9 cm³/mol. The molecule has 1 saturated carbocycles. The Balaban J connectivity index is 2.07. The second-order valence-corrected chi connectivity index (χ2v) is 4.56. The molecule has 1 atom stereocenters. The van der Waals surface area contributed by atoms with Crippen LogP contribution < -0.4 is 4.90 Å². The minimum absolute atomic E-state index is 0.145. The molecule has 1 aliphatic rings. The van der Waals surface area contributed by atoms with E-state index in [2.05, 4.69) is 10.2 Å². The fraction of sp³-hybridized carbons (Fsp3) is 0.750.